The molecule has 4 rings (SSSR count). The summed E-state index contributed by atoms with van der Waals surface area (Å²) in [4.78, 5) is 21.7. The van der Waals surface area contributed by atoms with E-state index in [0.717, 1.165) is 9.87 Å². The highest BCUT2D eigenvalue weighted by Gasteiger charge is 2.29. The van der Waals surface area contributed by atoms with Crippen LogP contribution in [0.1, 0.15) is 15.9 Å². The molecule has 1 aromatic carbocycles. The zero-order valence-corrected chi connectivity index (χ0v) is 19.2. The van der Waals surface area contributed by atoms with Crippen LogP contribution in [-0.4, -0.2) is 41.1 Å². The summed E-state index contributed by atoms with van der Waals surface area (Å²) in [6, 6.07) is 12.0. The maximum Gasteiger partial charge on any atom is 0.265 e. The summed E-state index contributed by atoms with van der Waals surface area (Å²) in [5, 5.41) is 8.98. The minimum absolute atomic E-state index is 0.111. The van der Waals surface area contributed by atoms with Crippen LogP contribution < -0.4 is 9.62 Å². The van der Waals surface area contributed by atoms with Crippen molar-refractivity contribution in [2.45, 2.75) is 11.8 Å². The van der Waals surface area contributed by atoms with E-state index in [1.807, 2.05) is 25.1 Å². The van der Waals surface area contributed by atoms with Crippen LogP contribution in [0.2, 0.25) is 0 Å². The van der Waals surface area contributed by atoms with Gasteiger partial charge in [0.25, 0.3) is 15.9 Å². The highest BCUT2D eigenvalue weighted by Crippen LogP contribution is 2.28. The van der Waals surface area contributed by atoms with E-state index in [1.54, 1.807) is 30.8 Å². The second kappa shape index (κ2) is 8.52. The second-order valence-electron chi connectivity index (χ2n) is 7.00. The Bertz CT molecular complexity index is 1360. The van der Waals surface area contributed by atoms with Crippen LogP contribution in [-0.2, 0) is 17.1 Å². The van der Waals surface area contributed by atoms with E-state index in [-0.39, 0.29) is 16.3 Å². The lowest BCUT2D eigenvalue weighted by atomic mass is 10.2. The van der Waals surface area contributed by atoms with Gasteiger partial charge in [-0.05, 0) is 31.2 Å². The summed E-state index contributed by atoms with van der Waals surface area (Å²) in [6.45, 7) is 1.88. The van der Waals surface area contributed by atoms with Gasteiger partial charge in [0.2, 0.25) is 0 Å². The summed E-state index contributed by atoms with van der Waals surface area (Å²) in [5.74, 6) is -0.370. The first kappa shape index (κ1) is 21.7. The molecule has 0 bridgehead atoms. The Morgan fingerprint density at radius 2 is 1.88 bits per heavy atom. The van der Waals surface area contributed by atoms with E-state index in [9.17, 15) is 13.2 Å². The minimum atomic E-state index is -3.89. The first-order valence-corrected chi connectivity index (χ1v) is 11.8. The van der Waals surface area contributed by atoms with Gasteiger partial charge in [-0.2, -0.15) is 5.10 Å². The fourth-order valence-electron chi connectivity index (χ4n) is 3.07. The number of aromatic nitrogens is 4. The Morgan fingerprint density at radius 3 is 2.56 bits per heavy atom. The summed E-state index contributed by atoms with van der Waals surface area (Å²) >= 11 is 1.25. The van der Waals surface area contributed by atoms with Gasteiger partial charge in [-0.25, -0.2) is 13.4 Å². The van der Waals surface area contributed by atoms with Gasteiger partial charge in [0, 0.05) is 25.7 Å². The molecule has 1 N–H and O–H groups in total. The van der Waals surface area contributed by atoms with Crippen molar-refractivity contribution >= 4 is 38.2 Å². The van der Waals surface area contributed by atoms with Crippen molar-refractivity contribution in [3.05, 3.63) is 71.4 Å². The highest BCUT2D eigenvalue weighted by molar-refractivity contribution is 7.92. The third kappa shape index (κ3) is 4.12. The van der Waals surface area contributed by atoms with E-state index in [0.29, 0.717) is 16.5 Å². The fraction of sp³-hybridized carbons (Fsp3) is 0.143. The van der Waals surface area contributed by atoms with Gasteiger partial charge in [-0.3, -0.25) is 24.1 Å². The molecule has 1 amide bonds. The Labute approximate surface area is 189 Å². The predicted octanol–water partition coefficient (Wildman–Crippen LogP) is 3.32. The van der Waals surface area contributed by atoms with Crippen LogP contribution in [0.3, 0.4) is 0 Å². The van der Waals surface area contributed by atoms with Crippen LogP contribution in [0.25, 0.3) is 11.4 Å². The minimum Gasteiger partial charge on any atom is -0.298 e. The topological polar surface area (TPSA) is 110 Å². The average Bonchev–Trinajstić information content (AvgIpc) is 3.40. The van der Waals surface area contributed by atoms with Gasteiger partial charge in [-0.15, -0.1) is 11.3 Å². The number of nitrogens with zero attached hydrogens (tertiary/aromatic N) is 5. The molecule has 164 valence electrons. The molecule has 0 atom stereocenters. The molecule has 3 heterocycles. The number of aryl methyl sites for hydroxylation is 2. The van der Waals surface area contributed by atoms with Gasteiger partial charge < -0.3 is 0 Å². The van der Waals surface area contributed by atoms with Gasteiger partial charge in [0.1, 0.15) is 11.3 Å². The predicted molar refractivity (Wildman–Crippen MR) is 123 cm³/mol. The first-order chi connectivity index (χ1) is 15.3. The van der Waals surface area contributed by atoms with E-state index < -0.39 is 15.9 Å². The molecule has 0 aliphatic carbocycles. The van der Waals surface area contributed by atoms with Crippen LogP contribution >= 0.6 is 11.3 Å². The molecule has 0 spiro atoms. The lowest BCUT2D eigenvalue weighted by Crippen LogP contribution is -2.30. The molecule has 0 radical (unpaired) electrons. The number of nitrogens with one attached hydrogen (secondary N) is 1. The Hall–Kier alpha value is -3.57. The number of sulfonamides is 1. The third-order valence-corrected chi connectivity index (χ3v) is 7.30. The number of carbonyl (C=O) groups excluding carboxylic acids is 1. The van der Waals surface area contributed by atoms with Gasteiger partial charge in [0.05, 0.1) is 16.8 Å². The molecular weight excluding hydrogens is 448 g/mol. The van der Waals surface area contributed by atoms with Gasteiger partial charge in [0.15, 0.2) is 10.9 Å². The van der Waals surface area contributed by atoms with Crippen molar-refractivity contribution in [1.29, 1.82) is 0 Å². The zero-order valence-electron chi connectivity index (χ0n) is 17.6. The average molecular weight is 469 g/mol. The SMILES string of the molecule is Cc1ccc(S(=O)(=O)N(C)c2c(C(=O)Nc3nc(-c4ccccn4)cs3)cnn2C)cc1. The first-order valence-electron chi connectivity index (χ1n) is 9.53. The molecule has 0 unspecified atom stereocenters. The van der Waals surface area contributed by atoms with Crippen molar-refractivity contribution in [3.63, 3.8) is 0 Å². The van der Waals surface area contributed by atoms with Crippen LogP contribution in [0.5, 0.6) is 0 Å². The number of pyridine rings is 1. The molecule has 0 saturated carbocycles. The Kier molecular flexibility index (Phi) is 5.76. The number of benzene rings is 1. The summed E-state index contributed by atoms with van der Waals surface area (Å²) < 4.78 is 28.7. The maximum absolute atomic E-state index is 13.1. The number of amides is 1. The molecule has 0 aliphatic rings. The molecule has 11 heteroatoms. The quantitative estimate of drug-likeness (QED) is 0.465. The molecule has 32 heavy (non-hydrogen) atoms. The summed E-state index contributed by atoms with van der Waals surface area (Å²) in [6.07, 6.45) is 3.00. The van der Waals surface area contributed by atoms with Crippen molar-refractivity contribution in [1.82, 2.24) is 19.7 Å². The molecule has 0 saturated heterocycles. The standard InChI is InChI=1S/C21H20N6O3S2/c1-14-7-9-15(10-8-14)32(29,30)27(3)20-16(12-23-26(20)2)19(28)25-21-24-18(13-31-21)17-6-4-5-11-22-17/h4-13H,1-3H3,(H,24,25,28). The smallest absolute Gasteiger partial charge is 0.265 e. The number of carbonyl (C=O) groups is 1. The molecular formula is C21H20N6O3S2. The molecule has 9 nitrogen and oxygen atoms in total. The number of hydrogen-bond donors (Lipinski definition) is 1. The van der Waals surface area contributed by atoms with Crippen molar-refractivity contribution in [2.75, 3.05) is 16.7 Å². The normalized spacial score (nSPS) is 11.3. The largest absolute Gasteiger partial charge is 0.298 e. The highest BCUT2D eigenvalue weighted by atomic mass is 32.2. The van der Waals surface area contributed by atoms with Crippen LogP contribution in [0.4, 0.5) is 10.9 Å². The monoisotopic (exact) mass is 468 g/mol. The molecule has 0 fully saturated rings. The van der Waals surface area contributed by atoms with Gasteiger partial charge in [-0.1, -0.05) is 23.8 Å². The van der Waals surface area contributed by atoms with Crippen molar-refractivity contribution in [2.24, 2.45) is 7.05 Å². The number of rotatable bonds is 6. The lowest BCUT2D eigenvalue weighted by molar-refractivity contribution is 0.102. The van der Waals surface area contributed by atoms with E-state index >= 15 is 0 Å². The molecule has 0 aliphatic heterocycles. The Balaban J connectivity index is 1.60. The Morgan fingerprint density at radius 1 is 1.12 bits per heavy atom. The van der Waals surface area contributed by atoms with Crippen molar-refractivity contribution in [3.8, 4) is 11.4 Å². The maximum atomic E-state index is 13.1. The second-order valence-corrected chi connectivity index (χ2v) is 9.83. The van der Waals surface area contributed by atoms with E-state index in [2.05, 4.69) is 20.4 Å². The number of hydrogen-bond acceptors (Lipinski definition) is 7. The summed E-state index contributed by atoms with van der Waals surface area (Å²) in [7, 11) is -0.917. The van der Waals surface area contributed by atoms with E-state index in [1.165, 1.54) is 41.4 Å². The van der Waals surface area contributed by atoms with E-state index in [4.69, 9.17) is 0 Å². The van der Waals surface area contributed by atoms with Crippen LogP contribution in [0, 0.1) is 6.92 Å². The fourth-order valence-corrected chi connectivity index (χ4v) is 5.01. The molecule has 4 aromatic rings. The number of anilines is 2. The van der Waals surface area contributed by atoms with Gasteiger partial charge >= 0.3 is 0 Å². The lowest BCUT2D eigenvalue weighted by Gasteiger charge is -2.20. The molecule has 3 aromatic heterocycles. The van der Waals surface area contributed by atoms with Crippen LogP contribution in [0.15, 0.2) is 65.1 Å². The number of thiazole rings is 1. The van der Waals surface area contributed by atoms with Crippen molar-refractivity contribution < 1.29 is 13.2 Å². The third-order valence-electron chi connectivity index (χ3n) is 4.78. The zero-order chi connectivity index (χ0) is 22.9. The summed E-state index contributed by atoms with van der Waals surface area (Å²) in [5.41, 5.74) is 2.38.